The fourth-order valence-corrected chi connectivity index (χ4v) is 2.23. The first-order valence-electron chi connectivity index (χ1n) is 5.10. The Morgan fingerprint density at radius 2 is 1.92 bits per heavy atom. The van der Waals surface area contributed by atoms with E-state index in [0.717, 1.165) is 19.3 Å². The molecule has 0 atom stereocenters. The van der Waals surface area contributed by atoms with Crippen LogP contribution in [0.4, 0.5) is 0 Å². The van der Waals surface area contributed by atoms with Gasteiger partial charge in [0.25, 0.3) is 0 Å². The summed E-state index contributed by atoms with van der Waals surface area (Å²) in [6, 6.07) is 0. The molecule has 0 heterocycles. The highest BCUT2D eigenvalue weighted by Crippen LogP contribution is 2.39. The summed E-state index contributed by atoms with van der Waals surface area (Å²) in [7, 11) is 0. The maximum absolute atomic E-state index is 10.5. The molecule has 13 heavy (non-hydrogen) atoms. The zero-order valence-electron chi connectivity index (χ0n) is 8.09. The lowest BCUT2D eigenvalue weighted by molar-refractivity contribution is -0.137. The average Bonchev–Trinajstić information content (AvgIpc) is 2.16. The first-order chi connectivity index (χ1) is 6.18. The summed E-state index contributed by atoms with van der Waals surface area (Å²) in [6.45, 7) is 0.653. The summed E-state index contributed by atoms with van der Waals surface area (Å²) in [6.07, 6.45) is 7.01. The number of nitrogens with two attached hydrogens (primary N) is 1. The Morgan fingerprint density at radius 1 is 1.31 bits per heavy atom. The summed E-state index contributed by atoms with van der Waals surface area (Å²) in [5, 5.41) is 8.61. The highest BCUT2D eigenvalue weighted by molar-refractivity contribution is 5.66. The van der Waals surface area contributed by atoms with Crippen LogP contribution < -0.4 is 5.73 Å². The molecule has 1 fully saturated rings. The third-order valence-electron chi connectivity index (χ3n) is 3.22. The van der Waals surface area contributed by atoms with Gasteiger partial charge in [-0.25, -0.2) is 0 Å². The van der Waals surface area contributed by atoms with Gasteiger partial charge in [0.2, 0.25) is 0 Å². The van der Waals surface area contributed by atoms with Crippen LogP contribution in [0.3, 0.4) is 0 Å². The molecule has 0 unspecified atom stereocenters. The van der Waals surface area contributed by atoms with Crippen LogP contribution >= 0.6 is 0 Å². The Bertz CT molecular complexity index is 174. The molecule has 3 nitrogen and oxygen atoms in total. The maximum Gasteiger partial charge on any atom is 0.303 e. The largest absolute Gasteiger partial charge is 0.481 e. The fraction of sp³-hybridized carbons (Fsp3) is 0.900. The van der Waals surface area contributed by atoms with Crippen molar-refractivity contribution in [2.45, 2.75) is 44.9 Å². The third-order valence-corrected chi connectivity index (χ3v) is 3.22. The van der Waals surface area contributed by atoms with Crippen molar-refractivity contribution in [3.63, 3.8) is 0 Å². The average molecular weight is 185 g/mol. The van der Waals surface area contributed by atoms with Crippen molar-refractivity contribution in [3.8, 4) is 0 Å². The first-order valence-corrected chi connectivity index (χ1v) is 5.10. The first kappa shape index (κ1) is 10.5. The van der Waals surface area contributed by atoms with Crippen LogP contribution in [0, 0.1) is 5.41 Å². The van der Waals surface area contributed by atoms with E-state index in [2.05, 4.69) is 0 Å². The molecule has 1 aliphatic carbocycles. The number of rotatable bonds is 4. The molecule has 3 heteroatoms. The SMILES string of the molecule is NCC1(CCC(=O)O)CCCCC1. The van der Waals surface area contributed by atoms with E-state index in [4.69, 9.17) is 10.8 Å². The van der Waals surface area contributed by atoms with Crippen LogP contribution in [-0.4, -0.2) is 17.6 Å². The molecular formula is C10H19NO2. The molecule has 0 aromatic heterocycles. The van der Waals surface area contributed by atoms with Crippen LogP contribution in [-0.2, 0) is 4.79 Å². The van der Waals surface area contributed by atoms with E-state index in [0.29, 0.717) is 6.54 Å². The van der Waals surface area contributed by atoms with Gasteiger partial charge in [-0.1, -0.05) is 19.3 Å². The molecule has 1 rings (SSSR count). The summed E-state index contributed by atoms with van der Waals surface area (Å²) >= 11 is 0. The summed E-state index contributed by atoms with van der Waals surface area (Å²) in [4.78, 5) is 10.5. The van der Waals surface area contributed by atoms with E-state index in [-0.39, 0.29) is 11.8 Å². The van der Waals surface area contributed by atoms with Crippen LogP contribution in [0.1, 0.15) is 44.9 Å². The second-order valence-electron chi connectivity index (χ2n) is 4.16. The molecule has 3 N–H and O–H groups in total. The minimum absolute atomic E-state index is 0.149. The Kier molecular flexibility index (Phi) is 3.72. The van der Waals surface area contributed by atoms with Gasteiger partial charge in [-0.15, -0.1) is 0 Å². The van der Waals surface area contributed by atoms with Crippen molar-refractivity contribution in [3.05, 3.63) is 0 Å². The quantitative estimate of drug-likeness (QED) is 0.701. The van der Waals surface area contributed by atoms with E-state index >= 15 is 0 Å². The van der Waals surface area contributed by atoms with Gasteiger partial charge in [0.05, 0.1) is 0 Å². The monoisotopic (exact) mass is 185 g/mol. The normalized spacial score (nSPS) is 21.3. The number of carboxylic acids is 1. The molecule has 0 aromatic carbocycles. The molecule has 0 radical (unpaired) electrons. The minimum Gasteiger partial charge on any atom is -0.481 e. The smallest absolute Gasteiger partial charge is 0.303 e. The van der Waals surface area contributed by atoms with Gasteiger partial charge < -0.3 is 10.8 Å². The Labute approximate surface area is 79.3 Å². The van der Waals surface area contributed by atoms with Crippen molar-refractivity contribution >= 4 is 5.97 Å². The lowest BCUT2D eigenvalue weighted by Crippen LogP contribution is -2.33. The van der Waals surface area contributed by atoms with Crippen LogP contribution in [0.5, 0.6) is 0 Å². The van der Waals surface area contributed by atoms with Crippen LogP contribution in [0.25, 0.3) is 0 Å². The highest BCUT2D eigenvalue weighted by atomic mass is 16.4. The zero-order chi connectivity index (χ0) is 9.73. The summed E-state index contributed by atoms with van der Waals surface area (Å²) < 4.78 is 0. The maximum atomic E-state index is 10.5. The molecule has 1 aliphatic rings. The fourth-order valence-electron chi connectivity index (χ4n) is 2.23. The van der Waals surface area contributed by atoms with E-state index in [1.165, 1.54) is 19.3 Å². The number of aliphatic carboxylic acids is 1. The summed E-state index contributed by atoms with van der Waals surface area (Å²) in [5.41, 5.74) is 5.88. The van der Waals surface area contributed by atoms with Crippen molar-refractivity contribution in [1.29, 1.82) is 0 Å². The lowest BCUT2D eigenvalue weighted by atomic mass is 9.71. The predicted octanol–water partition coefficient (Wildman–Crippen LogP) is 1.76. The van der Waals surface area contributed by atoms with Gasteiger partial charge >= 0.3 is 5.97 Å². The third kappa shape index (κ3) is 2.99. The van der Waals surface area contributed by atoms with Crippen molar-refractivity contribution in [1.82, 2.24) is 0 Å². The molecule has 0 amide bonds. The predicted molar refractivity (Wildman–Crippen MR) is 51.4 cm³/mol. The van der Waals surface area contributed by atoms with E-state index < -0.39 is 5.97 Å². The molecule has 1 saturated carbocycles. The molecule has 0 spiro atoms. The van der Waals surface area contributed by atoms with Crippen molar-refractivity contribution in [2.24, 2.45) is 11.1 Å². The highest BCUT2D eigenvalue weighted by Gasteiger charge is 2.30. The van der Waals surface area contributed by atoms with Gasteiger partial charge in [0.1, 0.15) is 0 Å². The zero-order valence-corrected chi connectivity index (χ0v) is 8.09. The Morgan fingerprint density at radius 3 is 2.38 bits per heavy atom. The Balaban J connectivity index is 2.42. The summed E-state index contributed by atoms with van der Waals surface area (Å²) in [5.74, 6) is -0.696. The van der Waals surface area contributed by atoms with Gasteiger partial charge in [-0.2, -0.15) is 0 Å². The minimum atomic E-state index is -0.696. The van der Waals surface area contributed by atoms with Crippen LogP contribution in [0.15, 0.2) is 0 Å². The number of carboxylic acid groups (broad SMARTS) is 1. The van der Waals surface area contributed by atoms with Gasteiger partial charge in [-0.3, -0.25) is 4.79 Å². The Hall–Kier alpha value is -0.570. The number of hydrogen-bond acceptors (Lipinski definition) is 2. The molecule has 0 aliphatic heterocycles. The molecule has 0 saturated heterocycles. The van der Waals surface area contributed by atoms with E-state index in [9.17, 15) is 4.79 Å². The second kappa shape index (κ2) is 4.61. The van der Waals surface area contributed by atoms with Gasteiger partial charge in [-0.05, 0) is 31.2 Å². The van der Waals surface area contributed by atoms with Gasteiger partial charge in [0, 0.05) is 6.42 Å². The van der Waals surface area contributed by atoms with Crippen molar-refractivity contribution < 1.29 is 9.90 Å². The van der Waals surface area contributed by atoms with Crippen LogP contribution in [0.2, 0.25) is 0 Å². The van der Waals surface area contributed by atoms with Gasteiger partial charge in [0.15, 0.2) is 0 Å². The standard InChI is InChI=1S/C10H19NO2/c11-8-10(7-4-9(12)13)5-2-1-3-6-10/h1-8,11H2,(H,12,13). The lowest BCUT2D eigenvalue weighted by Gasteiger charge is -2.35. The number of carbonyl (C=O) groups is 1. The molecular weight excluding hydrogens is 166 g/mol. The second-order valence-corrected chi connectivity index (χ2v) is 4.16. The van der Waals surface area contributed by atoms with E-state index in [1.807, 2.05) is 0 Å². The van der Waals surface area contributed by atoms with Crippen molar-refractivity contribution in [2.75, 3.05) is 6.54 Å². The van der Waals surface area contributed by atoms with E-state index in [1.54, 1.807) is 0 Å². The molecule has 76 valence electrons. The topological polar surface area (TPSA) is 63.3 Å². The number of hydrogen-bond donors (Lipinski definition) is 2. The molecule has 0 bridgehead atoms. The molecule has 0 aromatic rings.